The van der Waals surface area contributed by atoms with Gasteiger partial charge in [-0.05, 0) is 38.6 Å². The summed E-state index contributed by atoms with van der Waals surface area (Å²) in [6, 6.07) is 0.00301. The van der Waals surface area contributed by atoms with Crippen LogP contribution < -0.4 is 10.5 Å². The van der Waals surface area contributed by atoms with Gasteiger partial charge in [0.15, 0.2) is 0 Å². The third-order valence-electron chi connectivity index (χ3n) is 3.23. The van der Waals surface area contributed by atoms with E-state index in [0.29, 0.717) is 25.6 Å². The molecule has 2 atom stereocenters. The second kappa shape index (κ2) is 6.68. The lowest BCUT2D eigenvalue weighted by Gasteiger charge is -2.32. The van der Waals surface area contributed by atoms with Crippen molar-refractivity contribution in [1.29, 1.82) is 0 Å². The third-order valence-corrected chi connectivity index (χ3v) is 4.94. The first-order chi connectivity index (χ1) is 7.99. The first-order valence-electron chi connectivity index (χ1n) is 6.47. The van der Waals surface area contributed by atoms with Crippen LogP contribution in [0.4, 0.5) is 0 Å². The second-order valence-corrected chi connectivity index (χ2v) is 6.62. The van der Waals surface area contributed by atoms with Crippen LogP contribution in [0.25, 0.3) is 0 Å². The third kappa shape index (κ3) is 4.54. The monoisotopic (exact) mass is 263 g/mol. The summed E-state index contributed by atoms with van der Waals surface area (Å²) in [6.45, 7) is 5.70. The molecule has 1 aliphatic heterocycles. The molecule has 3 N–H and O–H groups in total. The number of hydrogen-bond acceptors (Lipinski definition) is 3. The summed E-state index contributed by atoms with van der Waals surface area (Å²) in [5, 5.41) is 0. The molecule has 102 valence electrons. The number of nitrogens with two attached hydrogens (primary N) is 1. The number of piperidine rings is 1. The van der Waals surface area contributed by atoms with Crippen molar-refractivity contribution in [1.82, 2.24) is 9.03 Å². The van der Waals surface area contributed by atoms with Crippen LogP contribution in [0.1, 0.15) is 39.5 Å². The molecule has 0 saturated carbocycles. The highest BCUT2D eigenvalue weighted by Gasteiger charge is 2.28. The average Bonchev–Trinajstić information content (AvgIpc) is 2.28. The van der Waals surface area contributed by atoms with E-state index in [-0.39, 0.29) is 6.04 Å². The van der Waals surface area contributed by atoms with E-state index in [1.165, 1.54) is 0 Å². The molecule has 2 unspecified atom stereocenters. The molecular weight excluding hydrogens is 238 g/mol. The zero-order chi connectivity index (χ0) is 12.9. The molecule has 0 bridgehead atoms. The molecule has 5 nitrogen and oxygen atoms in total. The molecule has 0 aromatic heterocycles. The standard InChI is InChI=1S/C11H25N3O2S/c1-3-5-10(2)13-17(15,16)14-7-4-6-11(8-12)9-14/h10-11,13H,3-9,12H2,1-2H3. The van der Waals surface area contributed by atoms with Crippen molar-refractivity contribution in [3.8, 4) is 0 Å². The van der Waals surface area contributed by atoms with Crippen LogP contribution in [0, 0.1) is 5.92 Å². The summed E-state index contributed by atoms with van der Waals surface area (Å²) in [6.07, 6.45) is 3.79. The fourth-order valence-corrected chi connectivity index (χ4v) is 3.81. The average molecular weight is 263 g/mol. The smallest absolute Gasteiger partial charge is 0.279 e. The minimum absolute atomic E-state index is 0.00301. The first-order valence-corrected chi connectivity index (χ1v) is 7.91. The van der Waals surface area contributed by atoms with Crippen molar-refractivity contribution in [2.75, 3.05) is 19.6 Å². The van der Waals surface area contributed by atoms with Gasteiger partial charge in [-0.3, -0.25) is 0 Å². The van der Waals surface area contributed by atoms with Gasteiger partial charge in [-0.25, -0.2) is 0 Å². The molecular formula is C11H25N3O2S. The minimum atomic E-state index is -3.32. The van der Waals surface area contributed by atoms with Gasteiger partial charge in [0, 0.05) is 19.1 Å². The van der Waals surface area contributed by atoms with Crippen LogP contribution in [0.5, 0.6) is 0 Å². The van der Waals surface area contributed by atoms with Gasteiger partial charge in [0.2, 0.25) is 0 Å². The van der Waals surface area contributed by atoms with E-state index in [1.54, 1.807) is 4.31 Å². The summed E-state index contributed by atoms with van der Waals surface area (Å²) in [5.74, 6) is 0.307. The molecule has 0 amide bonds. The molecule has 0 aliphatic carbocycles. The lowest BCUT2D eigenvalue weighted by atomic mass is 10.0. The fraction of sp³-hybridized carbons (Fsp3) is 1.00. The lowest BCUT2D eigenvalue weighted by Crippen LogP contribution is -2.49. The molecule has 6 heteroatoms. The topological polar surface area (TPSA) is 75.4 Å². The Morgan fingerprint density at radius 2 is 2.24 bits per heavy atom. The molecule has 1 fully saturated rings. The highest BCUT2D eigenvalue weighted by molar-refractivity contribution is 7.87. The number of hydrogen-bond donors (Lipinski definition) is 2. The molecule has 1 rings (SSSR count). The highest BCUT2D eigenvalue weighted by atomic mass is 32.2. The summed E-state index contributed by atoms with van der Waals surface area (Å²) in [5.41, 5.74) is 5.62. The number of nitrogens with one attached hydrogen (secondary N) is 1. The van der Waals surface area contributed by atoms with Crippen molar-refractivity contribution in [2.24, 2.45) is 11.7 Å². The van der Waals surface area contributed by atoms with E-state index in [4.69, 9.17) is 5.73 Å². The van der Waals surface area contributed by atoms with Crippen LogP contribution in [0.2, 0.25) is 0 Å². The summed E-state index contributed by atoms with van der Waals surface area (Å²) in [7, 11) is -3.32. The maximum Gasteiger partial charge on any atom is 0.279 e. The molecule has 0 aromatic rings. The van der Waals surface area contributed by atoms with Crippen LogP contribution >= 0.6 is 0 Å². The molecule has 17 heavy (non-hydrogen) atoms. The second-order valence-electron chi connectivity index (χ2n) is 4.91. The molecule has 1 heterocycles. The van der Waals surface area contributed by atoms with E-state index in [0.717, 1.165) is 25.7 Å². The van der Waals surface area contributed by atoms with E-state index >= 15 is 0 Å². The van der Waals surface area contributed by atoms with Crippen LogP contribution in [-0.2, 0) is 10.2 Å². The Morgan fingerprint density at radius 1 is 1.53 bits per heavy atom. The van der Waals surface area contributed by atoms with Crippen molar-refractivity contribution in [3.05, 3.63) is 0 Å². The van der Waals surface area contributed by atoms with Gasteiger partial charge < -0.3 is 5.73 Å². The Bertz CT molecular complexity index is 319. The highest BCUT2D eigenvalue weighted by Crippen LogP contribution is 2.17. The fourth-order valence-electron chi connectivity index (χ4n) is 2.26. The lowest BCUT2D eigenvalue weighted by molar-refractivity contribution is 0.267. The maximum atomic E-state index is 12.1. The van der Waals surface area contributed by atoms with E-state index in [9.17, 15) is 8.42 Å². The number of rotatable bonds is 6. The van der Waals surface area contributed by atoms with Crippen LogP contribution in [0.3, 0.4) is 0 Å². The quantitative estimate of drug-likeness (QED) is 0.740. The van der Waals surface area contributed by atoms with Gasteiger partial charge in [-0.2, -0.15) is 17.4 Å². The zero-order valence-electron chi connectivity index (χ0n) is 10.9. The van der Waals surface area contributed by atoms with Gasteiger partial charge in [-0.15, -0.1) is 0 Å². The van der Waals surface area contributed by atoms with Gasteiger partial charge in [0.05, 0.1) is 0 Å². The van der Waals surface area contributed by atoms with Gasteiger partial charge >= 0.3 is 0 Å². The van der Waals surface area contributed by atoms with Crippen molar-refractivity contribution < 1.29 is 8.42 Å². The van der Waals surface area contributed by atoms with E-state index in [1.807, 2.05) is 6.92 Å². The zero-order valence-corrected chi connectivity index (χ0v) is 11.7. The Kier molecular flexibility index (Phi) is 5.85. The Hall–Kier alpha value is -0.170. The minimum Gasteiger partial charge on any atom is -0.330 e. The largest absolute Gasteiger partial charge is 0.330 e. The molecule has 1 saturated heterocycles. The van der Waals surface area contributed by atoms with Crippen molar-refractivity contribution in [2.45, 2.75) is 45.6 Å². The Balaban J connectivity index is 2.57. The summed E-state index contributed by atoms with van der Waals surface area (Å²) >= 11 is 0. The predicted molar refractivity (Wildman–Crippen MR) is 69.8 cm³/mol. The van der Waals surface area contributed by atoms with Gasteiger partial charge in [0.1, 0.15) is 0 Å². The molecule has 1 aliphatic rings. The van der Waals surface area contributed by atoms with E-state index < -0.39 is 10.2 Å². The summed E-state index contributed by atoms with van der Waals surface area (Å²) in [4.78, 5) is 0. The first kappa shape index (κ1) is 14.9. The molecule has 0 spiro atoms. The molecule has 0 radical (unpaired) electrons. The number of nitrogens with zero attached hydrogens (tertiary/aromatic N) is 1. The van der Waals surface area contributed by atoms with Crippen molar-refractivity contribution >= 4 is 10.2 Å². The van der Waals surface area contributed by atoms with Crippen LogP contribution in [0.15, 0.2) is 0 Å². The molecule has 0 aromatic carbocycles. The van der Waals surface area contributed by atoms with Gasteiger partial charge in [0.25, 0.3) is 10.2 Å². The SMILES string of the molecule is CCCC(C)NS(=O)(=O)N1CCCC(CN)C1. The van der Waals surface area contributed by atoms with Gasteiger partial charge in [-0.1, -0.05) is 13.3 Å². The van der Waals surface area contributed by atoms with Crippen LogP contribution in [-0.4, -0.2) is 38.4 Å². The normalized spacial score (nSPS) is 24.8. The van der Waals surface area contributed by atoms with E-state index in [2.05, 4.69) is 11.6 Å². The Labute approximate surface area is 105 Å². The Morgan fingerprint density at radius 3 is 2.82 bits per heavy atom. The summed E-state index contributed by atoms with van der Waals surface area (Å²) < 4.78 is 28.5. The predicted octanol–water partition coefficient (Wildman–Crippen LogP) is 0.680. The van der Waals surface area contributed by atoms with Crippen molar-refractivity contribution in [3.63, 3.8) is 0 Å². The maximum absolute atomic E-state index is 12.1.